The minimum atomic E-state index is -2.54. The van der Waals surface area contributed by atoms with Crippen molar-refractivity contribution in [3.63, 3.8) is 0 Å². The standard InChI is InChI=1S/C17H24N6O5/c1-4-9-11-16(22-14(18)21-11)17(25,26)12(8(3)23(16)15(19)20-9)28-13(24)10-6-5-7(2)27-10/h5-6,8-9,11-12,25-26H,4H2,1-3H3,(H5,18,19,20,21,22)/p+1/t8-,9-,11-,12-,16-/m0/s1. The molecule has 0 bridgehead atoms. The molecule has 11 nitrogen and oxygen atoms in total. The highest BCUT2D eigenvalue weighted by Gasteiger charge is 2.78. The number of rotatable bonds is 3. The topological polar surface area (TPSA) is 171 Å². The second kappa shape index (κ2) is 5.85. The number of hydrogen-bond donors (Lipinski definition) is 6. The Morgan fingerprint density at radius 2 is 2.14 bits per heavy atom. The number of nitrogens with one attached hydrogen (secondary N) is 2. The van der Waals surface area contributed by atoms with Crippen molar-refractivity contribution in [3.05, 3.63) is 23.7 Å². The zero-order valence-corrected chi connectivity index (χ0v) is 15.8. The van der Waals surface area contributed by atoms with E-state index in [1.54, 1.807) is 24.5 Å². The summed E-state index contributed by atoms with van der Waals surface area (Å²) in [6.07, 6.45) is -0.738. The zero-order chi connectivity index (χ0) is 20.4. The van der Waals surface area contributed by atoms with Crippen LogP contribution in [0.1, 0.15) is 36.6 Å². The maximum absolute atomic E-state index is 12.5. The van der Waals surface area contributed by atoms with Crippen molar-refractivity contribution < 1.29 is 28.7 Å². The molecule has 1 aromatic heterocycles. The number of carbonyl (C=O) groups excluding carboxylic acids is 1. The normalized spacial score (nSPS) is 35.5. The SMILES string of the molecule is CC[C@@H]1NC(N)=[N+]2[C@@H](C)[C@H](OC(=O)c3ccc(C)o3)C(O)(O)[C@@]23NC(N)=N[C@@H]13. The van der Waals surface area contributed by atoms with Gasteiger partial charge in [-0.3, -0.25) is 11.1 Å². The molecule has 3 aliphatic rings. The molecular formula is C17H25N6O5+. The predicted molar refractivity (Wildman–Crippen MR) is 97.2 cm³/mol. The molecular weight excluding hydrogens is 368 g/mol. The van der Waals surface area contributed by atoms with Crippen LogP contribution in [0.4, 0.5) is 0 Å². The molecule has 8 N–H and O–H groups in total. The molecule has 4 rings (SSSR count). The van der Waals surface area contributed by atoms with Gasteiger partial charge in [0.1, 0.15) is 23.9 Å². The number of carbonyl (C=O) groups is 1. The molecule has 28 heavy (non-hydrogen) atoms. The van der Waals surface area contributed by atoms with Gasteiger partial charge < -0.3 is 30.4 Å². The molecule has 0 radical (unpaired) electrons. The molecule has 0 amide bonds. The maximum atomic E-state index is 12.5. The minimum Gasteiger partial charge on any atom is -0.454 e. The van der Waals surface area contributed by atoms with E-state index < -0.39 is 35.6 Å². The van der Waals surface area contributed by atoms with Gasteiger partial charge in [-0.05, 0) is 32.4 Å². The second-order valence-corrected chi connectivity index (χ2v) is 7.47. The van der Waals surface area contributed by atoms with Crippen molar-refractivity contribution in [1.82, 2.24) is 10.6 Å². The molecule has 5 atom stereocenters. The van der Waals surface area contributed by atoms with Crippen molar-refractivity contribution in [2.24, 2.45) is 16.5 Å². The Balaban J connectivity index is 1.77. The van der Waals surface area contributed by atoms with Crippen LogP contribution in [0, 0.1) is 6.92 Å². The van der Waals surface area contributed by atoms with E-state index in [9.17, 15) is 15.0 Å². The number of nitrogens with two attached hydrogens (primary N) is 2. The van der Waals surface area contributed by atoms with Crippen LogP contribution in [0.15, 0.2) is 21.5 Å². The van der Waals surface area contributed by atoms with Crippen LogP contribution in [0.5, 0.6) is 0 Å². The first-order valence-corrected chi connectivity index (χ1v) is 9.15. The molecule has 4 heterocycles. The van der Waals surface area contributed by atoms with Gasteiger partial charge in [-0.2, -0.15) is 0 Å². The highest BCUT2D eigenvalue weighted by molar-refractivity contribution is 5.87. The Bertz CT molecular complexity index is 892. The van der Waals surface area contributed by atoms with Crippen LogP contribution in [-0.4, -0.2) is 68.4 Å². The molecule has 0 unspecified atom stereocenters. The van der Waals surface area contributed by atoms with E-state index >= 15 is 0 Å². The van der Waals surface area contributed by atoms with Crippen molar-refractivity contribution >= 4 is 17.9 Å². The average molecular weight is 393 g/mol. The quantitative estimate of drug-likeness (QED) is 0.191. The third-order valence-corrected chi connectivity index (χ3v) is 5.80. The Morgan fingerprint density at radius 1 is 1.43 bits per heavy atom. The lowest BCUT2D eigenvalue weighted by Crippen LogP contribution is -2.78. The third-order valence-electron chi connectivity index (χ3n) is 5.80. The van der Waals surface area contributed by atoms with Gasteiger partial charge in [0.05, 0.1) is 0 Å². The first-order chi connectivity index (χ1) is 13.1. The number of aliphatic imine (C=N–C) groups is 1. The first-order valence-electron chi connectivity index (χ1n) is 9.15. The van der Waals surface area contributed by atoms with Crippen LogP contribution in [-0.2, 0) is 4.74 Å². The number of aryl methyl sites for hydroxylation is 1. The summed E-state index contributed by atoms with van der Waals surface area (Å²) in [5.74, 6) is -2.58. The molecule has 1 fully saturated rings. The van der Waals surface area contributed by atoms with Crippen LogP contribution >= 0.6 is 0 Å². The number of guanidine groups is 2. The summed E-state index contributed by atoms with van der Waals surface area (Å²) < 4.78 is 12.3. The van der Waals surface area contributed by atoms with E-state index in [4.69, 9.17) is 20.6 Å². The summed E-state index contributed by atoms with van der Waals surface area (Å²) in [7, 11) is 0. The molecule has 0 aliphatic carbocycles. The number of esters is 1. The predicted octanol–water partition coefficient (Wildman–Crippen LogP) is -2.11. The monoisotopic (exact) mass is 393 g/mol. The lowest BCUT2D eigenvalue weighted by Gasteiger charge is -2.43. The average Bonchev–Trinajstić information content (AvgIpc) is 3.25. The summed E-state index contributed by atoms with van der Waals surface area (Å²) in [5.41, 5.74) is 10.6. The fraction of sp³-hybridized carbons (Fsp3) is 0.588. The van der Waals surface area contributed by atoms with Gasteiger partial charge in [0, 0.05) is 0 Å². The summed E-state index contributed by atoms with van der Waals surface area (Å²) in [6.45, 7) is 5.29. The van der Waals surface area contributed by atoms with Gasteiger partial charge in [0.25, 0.3) is 5.79 Å². The summed E-state index contributed by atoms with van der Waals surface area (Å²) in [5, 5.41) is 28.5. The molecule has 1 aromatic rings. The van der Waals surface area contributed by atoms with Gasteiger partial charge in [-0.25, -0.2) is 14.4 Å². The van der Waals surface area contributed by atoms with Gasteiger partial charge in [0.2, 0.25) is 11.4 Å². The van der Waals surface area contributed by atoms with Crippen molar-refractivity contribution in [2.45, 2.75) is 62.9 Å². The lowest BCUT2D eigenvalue weighted by atomic mass is 9.85. The van der Waals surface area contributed by atoms with Crippen LogP contribution in [0.25, 0.3) is 0 Å². The van der Waals surface area contributed by atoms with Crippen molar-refractivity contribution in [2.75, 3.05) is 0 Å². The summed E-state index contributed by atoms with van der Waals surface area (Å²) in [4.78, 5) is 16.9. The number of furan rings is 1. The van der Waals surface area contributed by atoms with E-state index in [1.165, 1.54) is 6.07 Å². The van der Waals surface area contributed by atoms with E-state index in [-0.39, 0.29) is 23.7 Å². The molecule has 152 valence electrons. The van der Waals surface area contributed by atoms with E-state index in [0.717, 1.165) is 0 Å². The van der Waals surface area contributed by atoms with Crippen LogP contribution in [0.2, 0.25) is 0 Å². The Morgan fingerprint density at radius 3 is 2.75 bits per heavy atom. The molecule has 11 heteroatoms. The van der Waals surface area contributed by atoms with Crippen LogP contribution in [0.3, 0.4) is 0 Å². The Labute approximate surface area is 161 Å². The van der Waals surface area contributed by atoms with Gasteiger partial charge in [-0.15, -0.1) is 0 Å². The molecule has 3 aliphatic heterocycles. The van der Waals surface area contributed by atoms with Gasteiger partial charge >= 0.3 is 11.9 Å². The van der Waals surface area contributed by atoms with E-state index in [1.807, 2.05) is 6.92 Å². The van der Waals surface area contributed by atoms with Crippen molar-refractivity contribution in [3.8, 4) is 0 Å². The highest BCUT2D eigenvalue weighted by Crippen LogP contribution is 2.45. The second-order valence-electron chi connectivity index (χ2n) is 7.47. The third kappa shape index (κ3) is 2.20. The smallest absolute Gasteiger partial charge is 0.374 e. The fourth-order valence-electron chi connectivity index (χ4n) is 4.60. The molecule has 1 saturated heterocycles. The Kier molecular flexibility index (Phi) is 3.88. The van der Waals surface area contributed by atoms with Crippen LogP contribution < -0.4 is 22.1 Å². The Hall–Kier alpha value is -2.79. The zero-order valence-electron chi connectivity index (χ0n) is 15.8. The summed E-state index contributed by atoms with van der Waals surface area (Å²) in [6, 6.07) is 1.42. The number of aliphatic hydroxyl groups is 2. The number of hydrogen-bond acceptors (Lipinski definition) is 10. The van der Waals surface area contributed by atoms with Gasteiger partial charge in [0.15, 0.2) is 12.1 Å². The minimum absolute atomic E-state index is 0.0314. The maximum Gasteiger partial charge on any atom is 0.374 e. The van der Waals surface area contributed by atoms with E-state index in [2.05, 4.69) is 15.6 Å². The summed E-state index contributed by atoms with van der Waals surface area (Å²) >= 11 is 0. The largest absolute Gasteiger partial charge is 0.454 e. The fourth-order valence-corrected chi connectivity index (χ4v) is 4.60. The van der Waals surface area contributed by atoms with Crippen molar-refractivity contribution in [1.29, 1.82) is 0 Å². The number of nitrogens with zero attached hydrogens (tertiary/aromatic N) is 2. The van der Waals surface area contributed by atoms with E-state index in [0.29, 0.717) is 12.2 Å². The molecule has 0 saturated carbocycles. The molecule has 0 aromatic carbocycles. The van der Waals surface area contributed by atoms with Gasteiger partial charge in [-0.1, -0.05) is 6.92 Å². The lowest BCUT2D eigenvalue weighted by molar-refractivity contribution is -0.646. The number of ether oxygens (including phenoxy) is 1. The molecule has 1 spiro atoms. The first kappa shape index (κ1) is 18.6. The highest BCUT2D eigenvalue weighted by atomic mass is 16.6.